The second-order valence-corrected chi connectivity index (χ2v) is 6.08. The number of ether oxygens (including phenoxy) is 1. The van der Waals surface area contributed by atoms with Crippen LogP contribution in [0.15, 0.2) is 41.5 Å². The Morgan fingerprint density at radius 3 is 2.44 bits per heavy atom. The highest BCUT2D eigenvalue weighted by atomic mass is 16.6. The van der Waals surface area contributed by atoms with Crippen LogP contribution in [0.25, 0.3) is 6.08 Å². The third kappa shape index (κ3) is 6.07. The SMILES string of the molecule is CN(C)/C=C/c1nc(/N=C/N(C)C)nc(OCc2ccccc2)c1[N+](=O)[O-]. The van der Waals surface area contributed by atoms with Crippen LogP contribution >= 0.6 is 0 Å². The smallest absolute Gasteiger partial charge is 0.356 e. The summed E-state index contributed by atoms with van der Waals surface area (Å²) < 4.78 is 5.65. The number of aliphatic imine (C=N–C) groups is 1. The summed E-state index contributed by atoms with van der Waals surface area (Å²) in [5, 5.41) is 11.6. The molecule has 0 radical (unpaired) electrons. The molecule has 0 saturated heterocycles. The lowest BCUT2D eigenvalue weighted by Crippen LogP contribution is -2.08. The lowest BCUT2D eigenvalue weighted by Gasteiger charge is -2.09. The maximum absolute atomic E-state index is 11.6. The molecule has 0 aliphatic rings. The van der Waals surface area contributed by atoms with Gasteiger partial charge in [0.25, 0.3) is 11.8 Å². The first-order valence-corrected chi connectivity index (χ1v) is 8.15. The monoisotopic (exact) mass is 370 g/mol. The van der Waals surface area contributed by atoms with E-state index in [0.29, 0.717) is 0 Å². The molecular weight excluding hydrogens is 348 g/mol. The van der Waals surface area contributed by atoms with E-state index in [2.05, 4.69) is 15.0 Å². The molecule has 27 heavy (non-hydrogen) atoms. The van der Waals surface area contributed by atoms with Crippen molar-refractivity contribution in [3.05, 3.63) is 57.9 Å². The zero-order valence-corrected chi connectivity index (χ0v) is 15.7. The van der Waals surface area contributed by atoms with Crippen LogP contribution in [0.1, 0.15) is 11.3 Å². The Morgan fingerprint density at radius 1 is 1.15 bits per heavy atom. The van der Waals surface area contributed by atoms with Crippen molar-refractivity contribution in [2.75, 3.05) is 28.2 Å². The van der Waals surface area contributed by atoms with Gasteiger partial charge in [0.1, 0.15) is 6.61 Å². The lowest BCUT2D eigenvalue weighted by molar-refractivity contribution is -0.386. The minimum Gasteiger partial charge on any atom is -0.468 e. The van der Waals surface area contributed by atoms with Gasteiger partial charge in [0.15, 0.2) is 5.69 Å². The van der Waals surface area contributed by atoms with Gasteiger partial charge in [-0.1, -0.05) is 30.3 Å². The zero-order valence-electron chi connectivity index (χ0n) is 15.7. The first kappa shape index (κ1) is 19.8. The number of hydrogen-bond donors (Lipinski definition) is 0. The van der Waals surface area contributed by atoms with Crippen molar-refractivity contribution in [3.8, 4) is 5.88 Å². The molecule has 2 aromatic rings. The molecule has 9 heteroatoms. The molecule has 0 spiro atoms. The Labute approximate surface area is 157 Å². The Hall–Kier alpha value is -3.49. The van der Waals surface area contributed by atoms with Crippen molar-refractivity contribution in [1.82, 2.24) is 19.8 Å². The first-order valence-electron chi connectivity index (χ1n) is 8.15. The van der Waals surface area contributed by atoms with Crippen LogP contribution in [-0.4, -0.2) is 59.2 Å². The van der Waals surface area contributed by atoms with E-state index in [1.165, 1.54) is 12.4 Å². The molecule has 0 saturated carbocycles. The number of hydrogen-bond acceptors (Lipinski definition) is 7. The van der Waals surface area contributed by atoms with Gasteiger partial charge < -0.3 is 14.5 Å². The van der Waals surface area contributed by atoms with Crippen molar-refractivity contribution in [3.63, 3.8) is 0 Å². The number of nitrogens with zero attached hydrogens (tertiary/aromatic N) is 6. The number of benzene rings is 1. The van der Waals surface area contributed by atoms with Gasteiger partial charge in [0.05, 0.1) is 11.3 Å². The van der Waals surface area contributed by atoms with Crippen molar-refractivity contribution in [2.45, 2.75) is 6.61 Å². The molecule has 0 aliphatic carbocycles. The summed E-state index contributed by atoms with van der Waals surface area (Å²) in [5.74, 6) is -0.0427. The fourth-order valence-corrected chi connectivity index (χ4v) is 2.00. The van der Waals surface area contributed by atoms with Gasteiger partial charge in [-0.15, -0.1) is 0 Å². The van der Waals surface area contributed by atoms with E-state index < -0.39 is 4.92 Å². The highest BCUT2D eigenvalue weighted by Crippen LogP contribution is 2.31. The number of nitro groups is 1. The fraction of sp³-hybridized carbons (Fsp3) is 0.278. The molecule has 1 heterocycles. The molecule has 1 aromatic heterocycles. The third-order valence-corrected chi connectivity index (χ3v) is 3.20. The summed E-state index contributed by atoms with van der Waals surface area (Å²) in [7, 11) is 7.21. The van der Waals surface area contributed by atoms with E-state index in [4.69, 9.17) is 4.74 Å². The number of rotatable bonds is 8. The van der Waals surface area contributed by atoms with Crippen molar-refractivity contribution < 1.29 is 9.66 Å². The molecule has 2 rings (SSSR count). The maximum Gasteiger partial charge on any atom is 0.356 e. The summed E-state index contributed by atoms with van der Waals surface area (Å²) in [5.41, 5.74) is 0.694. The Morgan fingerprint density at radius 2 is 1.85 bits per heavy atom. The van der Waals surface area contributed by atoms with E-state index in [1.807, 2.05) is 30.3 Å². The van der Waals surface area contributed by atoms with E-state index >= 15 is 0 Å². The summed E-state index contributed by atoms with van der Waals surface area (Å²) in [6.07, 6.45) is 4.71. The Balaban J connectivity index is 2.47. The van der Waals surface area contributed by atoms with Gasteiger partial charge in [-0.25, -0.2) is 9.98 Å². The average Bonchev–Trinajstić information content (AvgIpc) is 2.63. The summed E-state index contributed by atoms with van der Waals surface area (Å²) in [6, 6.07) is 9.35. The Bertz CT molecular complexity index is 834. The van der Waals surface area contributed by atoms with Gasteiger partial charge >= 0.3 is 5.69 Å². The topological polar surface area (TPSA) is 97.0 Å². The van der Waals surface area contributed by atoms with Gasteiger partial charge in [0.2, 0.25) is 0 Å². The van der Waals surface area contributed by atoms with Crippen LogP contribution in [0, 0.1) is 10.1 Å². The minimum absolute atomic E-state index is 0.0794. The molecule has 0 fully saturated rings. The minimum atomic E-state index is -0.547. The molecule has 0 amide bonds. The number of aromatic nitrogens is 2. The highest BCUT2D eigenvalue weighted by Gasteiger charge is 2.25. The van der Waals surface area contributed by atoms with Crippen LogP contribution in [0.4, 0.5) is 11.6 Å². The molecule has 0 aliphatic heterocycles. The van der Waals surface area contributed by atoms with E-state index in [1.54, 1.807) is 44.2 Å². The second-order valence-electron chi connectivity index (χ2n) is 6.08. The predicted molar refractivity (Wildman–Crippen MR) is 104 cm³/mol. The van der Waals surface area contributed by atoms with Crippen LogP contribution in [-0.2, 0) is 6.61 Å². The summed E-state index contributed by atoms with van der Waals surface area (Å²) in [6.45, 7) is 0.145. The maximum atomic E-state index is 11.6. The molecule has 142 valence electrons. The van der Waals surface area contributed by atoms with Crippen LogP contribution in [0.2, 0.25) is 0 Å². The molecular formula is C18H22N6O3. The van der Waals surface area contributed by atoms with Gasteiger partial charge in [-0.2, -0.15) is 4.98 Å². The van der Waals surface area contributed by atoms with E-state index in [9.17, 15) is 10.1 Å². The molecule has 0 N–H and O–H groups in total. The van der Waals surface area contributed by atoms with Gasteiger partial charge in [-0.3, -0.25) is 10.1 Å². The zero-order chi connectivity index (χ0) is 19.8. The molecule has 0 bridgehead atoms. The first-order chi connectivity index (χ1) is 12.9. The highest BCUT2D eigenvalue weighted by molar-refractivity contribution is 5.64. The molecule has 1 aromatic carbocycles. The fourth-order valence-electron chi connectivity index (χ4n) is 2.00. The van der Waals surface area contributed by atoms with Crippen LogP contribution < -0.4 is 4.74 Å². The van der Waals surface area contributed by atoms with Gasteiger partial charge in [-0.05, 0) is 11.6 Å². The second kappa shape index (κ2) is 9.27. The third-order valence-electron chi connectivity index (χ3n) is 3.20. The van der Waals surface area contributed by atoms with E-state index in [0.717, 1.165) is 5.56 Å². The molecule has 0 atom stereocenters. The van der Waals surface area contributed by atoms with Gasteiger partial charge in [0, 0.05) is 34.4 Å². The van der Waals surface area contributed by atoms with Crippen molar-refractivity contribution >= 4 is 24.1 Å². The summed E-state index contributed by atoms with van der Waals surface area (Å²) >= 11 is 0. The largest absolute Gasteiger partial charge is 0.468 e. The molecule has 0 unspecified atom stereocenters. The van der Waals surface area contributed by atoms with E-state index in [-0.39, 0.29) is 29.8 Å². The van der Waals surface area contributed by atoms with Crippen molar-refractivity contribution in [2.24, 2.45) is 4.99 Å². The van der Waals surface area contributed by atoms with Crippen LogP contribution in [0.5, 0.6) is 5.88 Å². The standard InChI is InChI=1S/C18H22N6O3/c1-22(2)11-10-15-16(24(25)26)17(21-18(20-15)19-13-23(3)4)27-12-14-8-6-5-7-9-14/h5-11,13H,12H2,1-4H3/b11-10+,19-13+. The Kier molecular flexibility index (Phi) is 6.81. The van der Waals surface area contributed by atoms with Crippen molar-refractivity contribution in [1.29, 1.82) is 0 Å². The summed E-state index contributed by atoms with van der Waals surface area (Å²) in [4.78, 5) is 27.0. The average molecular weight is 370 g/mol. The van der Waals surface area contributed by atoms with Crippen LogP contribution in [0.3, 0.4) is 0 Å². The normalized spacial score (nSPS) is 11.1. The lowest BCUT2D eigenvalue weighted by atomic mass is 10.2. The quantitative estimate of drug-likeness (QED) is 0.305. The molecule has 9 nitrogen and oxygen atoms in total. The predicted octanol–water partition coefficient (Wildman–Crippen LogP) is 2.72.